The third kappa shape index (κ3) is 4.77. The van der Waals surface area contributed by atoms with E-state index in [-0.39, 0.29) is 11.2 Å². The predicted molar refractivity (Wildman–Crippen MR) is 164 cm³/mol. The molecule has 1 saturated carbocycles. The van der Waals surface area contributed by atoms with E-state index in [2.05, 4.69) is 52.6 Å². The van der Waals surface area contributed by atoms with Gasteiger partial charge in [-0.2, -0.15) is 9.97 Å². The van der Waals surface area contributed by atoms with Gasteiger partial charge in [0.2, 0.25) is 0 Å². The van der Waals surface area contributed by atoms with Crippen molar-refractivity contribution in [2.75, 3.05) is 49.6 Å². The van der Waals surface area contributed by atoms with Crippen LogP contribution in [0.4, 0.5) is 11.5 Å². The second kappa shape index (κ2) is 10.6. The molecule has 3 atom stereocenters. The second-order valence-electron chi connectivity index (χ2n) is 12.3. The SMILES string of the molecule is C=CC(=O)[C@@]12CCCN(c3nc(OC[C@@H]4CCCN4C)nc4c3CCN(c3cccc5cccc(Cl)c35)C4)C[C@@H]1C2. The van der Waals surface area contributed by atoms with Gasteiger partial charge in [0.15, 0.2) is 5.78 Å². The molecule has 41 heavy (non-hydrogen) atoms. The molecule has 3 aliphatic heterocycles. The Morgan fingerprint density at radius 3 is 2.80 bits per heavy atom. The van der Waals surface area contributed by atoms with Gasteiger partial charge in [-0.25, -0.2) is 0 Å². The molecule has 0 bridgehead atoms. The van der Waals surface area contributed by atoms with E-state index >= 15 is 0 Å². The molecule has 0 unspecified atom stereocenters. The average molecular weight is 572 g/mol. The molecule has 2 aromatic carbocycles. The molecule has 0 radical (unpaired) electrons. The molecule has 7 nitrogen and oxygen atoms in total. The van der Waals surface area contributed by atoms with Crippen LogP contribution in [-0.2, 0) is 17.8 Å². The highest BCUT2D eigenvalue weighted by Gasteiger charge is 2.59. The van der Waals surface area contributed by atoms with Crippen LogP contribution in [0.15, 0.2) is 49.1 Å². The highest BCUT2D eigenvalue weighted by Crippen LogP contribution is 2.58. The minimum atomic E-state index is -0.208. The molecular weight excluding hydrogens is 534 g/mol. The predicted octanol–water partition coefficient (Wildman–Crippen LogP) is 5.68. The number of ketones is 1. The van der Waals surface area contributed by atoms with E-state index < -0.39 is 0 Å². The highest BCUT2D eigenvalue weighted by molar-refractivity contribution is 6.36. The van der Waals surface area contributed by atoms with E-state index in [1.807, 2.05) is 12.1 Å². The summed E-state index contributed by atoms with van der Waals surface area (Å²) in [5.41, 5.74) is 3.16. The molecule has 1 aliphatic carbocycles. The number of anilines is 2. The number of likely N-dealkylation sites (tertiary alicyclic amines) is 1. The number of likely N-dealkylation sites (N-methyl/N-ethyl adjacent to an activating group) is 1. The van der Waals surface area contributed by atoms with Crippen LogP contribution in [0.3, 0.4) is 0 Å². The number of fused-ring (bicyclic) bond motifs is 3. The summed E-state index contributed by atoms with van der Waals surface area (Å²) < 4.78 is 6.33. The molecule has 0 amide bonds. The summed E-state index contributed by atoms with van der Waals surface area (Å²) in [6.45, 7) is 8.74. The van der Waals surface area contributed by atoms with Crippen molar-refractivity contribution in [3.05, 3.63) is 65.3 Å². The first-order chi connectivity index (χ1) is 20.0. The molecule has 3 aromatic rings. The summed E-state index contributed by atoms with van der Waals surface area (Å²) in [7, 11) is 2.16. The number of hydrogen-bond donors (Lipinski definition) is 0. The molecular formula is C33H38ClN5O2. The number of aromatic nitrogens is 2. The summed E-state index contributed by atoms with van der Waals surface area (Å²) in [5, 5.41) is 2.99. The summed E-state index contributed by atoms with van der Waals surface area (Å²) in [4.78, 5) is 30.0. The monoisotopic (exact) mass is 571 g/mol. The Balaban J connectivity index is 1.22. The quantitative estimate of drug-likeness (QED) is 0.338. The van der Waals surface area contributed by atoms with E-state index in [4.69, 9.17) is 26.3 Å². The number of ether oxygens (including phenoxy) is 1. The maximum Gasteiger partial charge on any atom is 0.318 e. The lowest BCUT2D eigenvalue weighted by Crippen LogP contribution is -2.36. The fourth-order valence-electron chi connectivity index (χ4n) is 7.51. The zero-order valence-corrected chi connectivity index (χ0v) is 24.6. The van der Waals surface area contributed by atoms with Crippen molar-refractivity contribution in [3.63, 3.8) is 0 Å². The molecule has 4 aliphatic rings. The second-order valence-corrected chi connectivity index (χ2v) is 12.7. The van der Waals surface area contributed by atoms with Gasteiger partial charge in [0.05, 0.1) is 17.3 Å². The van der Waals surface area contributed by atoms with Crippen molar-refractivity contribution in [1.29, 1.82) is 0 Å². The molecule has 8 heteroatoms. The third-order valence-electron chi connectivity index (χ3n) is 9.97. The van der Waals surface area contributed by atoms with Gasteiger partial charge in [0.1, 0.15) is 12.4 Å². The van der Waals surface area contributed by atoms with Gasteiger partial charge >= 0.3 is 6.01 Å². The Labute approximate surface area is 247 Å². The van der Waals surface area contributed by atoms with Gasteiger partial charge in [-0.05, 0) is 81.6 Å². The highest BCUT2D eigenvalue weighted by atomic mass is 35.5. The minimum Gasteiger partial charge on any atom is -0.462 e. The molecule has 4 heterocycles. The zero-order chi connectivity index (χ0) is 28.1. The molecule has 214 valence electrons. The van der Waals surface area contributed by atoms with E-state index in [0.717, 1.165) is 91.3 Å². The Bertz CT molecular complexity index is 1510. The average Bonchev–Trinajstić information content (AvgIpc) is 3.58. The first-order valence-corrected chi connectivity index (χ1v) is 15.4. The van der Waals surface area contributed by atoms with Crippen LogP contribution in [0, 0.1) is 11.3 Å². The smallest absolute Gasteiger partial charge is 0.318 e. The third-order valence-corrected chi connectivity index (χ3v) is 10.3. The molecule has 3 fully saturated rings. The van der Waals surface area contributed by atoms with Crippen molar-refractivity contribution < 1.29 is 9.53 Å². The molecule has 0 N–H and O–H groups in total. The Morgan fingerprint density at radius 2 is 2.00 bits per heavy atom. The van der Waals surface area contributed by atoms with Gasteiger partial charge in [-0.1, -0.05) is 42.4 Å². The Hall–Kier alpha value is -3.16. The summed E-state index contributed by atoms with van der Waals surface area (Å²) in [6, 6.07) is 13.3. The largest absolute Gasteiger partial charge is 0.462 e. The lowest BCUT2D eigenvalue weighted by atomic mass is 9.93. The fourth-order valence-corrected chi connectivity index (χ4v) is 7.79. The first kappa shape index (κ1) is 26.7. The normalized spacial score (nSPS) is 25.9. The van der Waals surface area contributed by atoms with Gasteiger partial charge in [0.25, 0.3) is 0 Å². The van der Waals surface area contributed by atoms with Crippen molar-refractivity contribution in [3.8, 4) is 6.01 Å². The fraction of sp³-hybridized carbons (Fsp3) is 0.485. The number of rotatable bonds is 7. The number of carbonyl (C=O) groups is 1. The topological polar surface area (TPSA) is 61.8 Å². The van der Waals surface area contributed by atoms with Crippen LogP contribution >= 0.6 is 11.6 Å². The first-order valence-electron chi connectivity index (χ1n) is 15.0. The van der Waals surface area contributed by atoms with Gasteiger partial charge in [-0.15, -0.1) is 0 Å². The van der Waals surface area contributed by atoms with Crippen molar-refractivity contribution >= 4 is 39.7 Å². The maximum absolute atomic E-state index is 12.7. The van der Waals surface area contributed by atoms with Gasteiger partial charge in [-0.3, -0.25) is 4.79 Å². The number of hydrogen-bond acceptors (Lipinski definition) is 7. The number of allylic oxidation sites excluding steroid dienone is 1. The number of halogens is 1. The maximum atomic E-state index is 12.7. The number of carbonyl (C=O) groups excluding carboxylic acids is 1. The summed E-state index contributed by atoms with van der Waals surface area (Å²) >= 11 is 6.71. The number of benzene rings is 2. The molecule has 1 aromatic heterocycles. The number of nitrogens with zero attached hydrogens (tertiary/aromatic N) is 5. The van der Waals surface area contributed by atoms with Crippen molar-refractivity contribution in [2.45, 2.75) is 51.1 Å². The van der Waals surface area contributed by atoms with Crippen LogP contribution in [0.2, 0.25) is 5.02 Å². The van der Waals surface area contributed by atoms with E-state index in [0.29, 0.717) is 31.1 Å². The summed E-state index contributed by atoms with van der Waals surface area (Å²) in [5.74, 6) is 1.56. The lowest BCUT2D eigenvalue weighted by Gasteiger charge is -2.34. The lowest BCUT2D eigenvalue weighted by molar-refractivity contribution is -0.120. The van der Waals surface area contributed by atoms with Crippen molar-refractivity contribution in [2.24, 2.45) is 11.3 Å². The van der Waals surface area contributed by atoms with Gasteiger partial charge < -0.3 is 19.4 Å². The Kier molecular flexibility index (Phi) is 6.90. The van der Waals surface area contributed by atoms with E-state index in [1.165, 1.54) is 18.1 Å². The van der Waals surface area contributed by atoms with Crippen LogP contribution in [0.25, 0.3) is 10.8 Å². The standard InChI is InChI=1S/C33H38ClN5O2/c1-3-29(40)33-14-7-16-39(19-23(33)18-33)31-25-13-17-38(28-12-5-9-22-8-4-11-26(34)30(22)28)20-27(25)35-32(36-31)41-21-24-10-6-15-37(24)2/h3-5,8-9,11-12,23-24H,1,6-7,10,13-21H2,2H3/t23-,24-,33+/m0/s1. The minimum absolute atomic E-state index is 0.208. The molecule has 2 saturated heterocycles. The van der Waals surface area contributed by atoms with Crippen LogP contribution < -0.4 is 14.5 Å². The van der Waals surface area contributed by atoms with Crippen molar-refractivity contribution in [1.82, 2.24) is 14.9 Å². The van der Waals surface area contributed by atoms with Crippen LogP contribution in [0.1, 0.15) is 43.4 Å². The van der Waals surface area contributed by atoms with Crippen LogP contribution in [-0.4, -0.2) is 66.5 Å². The Morgan fingerprint density at radius 1 is 1.15 bits per heavy atom. The van der Waals surface area contributed by atoms with Gasteiger partial charge in [0, 0.05) is 47.7 Å². The zero-order valence-electron chi connectivity index (χ0n) is 23.8. The van der Waals surface area contributed by atoms with Crippen LogP contribution in [0.5, 0.6) is 6.01 Å². The molecule has 0 spiro atoms. The van der Waals surface area contributed by atoms with E-state index in [1.54, 1.807) is 0 Å². The van der Waals surface area contributed by atoms with E-state index in [9.17, 15) is 4.79 Å². The molecule has 7 rings (SSSR count). The summed E-state index contributed by atoms with van der Waals surface area (Å²) in [6.07, 6.45) is 7.56.